The Balaban J connectivity index is 2.10. The minimum absolute atomic E-state index is 0.200. The first-order valence-corrected chi connectivity index (χ1v) is 6.18. The molecule has 2 aromatic rings. The largest absolute Gasteiger partial charge is 0.507 e. The van der Waals surface area contributed by atoms with Gasteiger partial charge in [0.15, 0.2) is 0 Å². The summed E-state index contributed by atoms with van der Waals surface area (Å²) in [6.07, 6.45) is 0. The molecule has 2 rings (SSSR count). The second-order valence-corrected chi connectivity index (χ2v) is 4.36. The molecule has 0 aliphatic carbocycles. The molecule has 0 saturated heterocycles. The number of carboxylic acids is 2. The highest BCUT2D eigenvalue weighted by Gasteiger charge is 2.10. The van der Waals surface area contributed by atoms with Crippen molar-refractivity contribution in [2.75, 3.05) is 5.43 Å². The van der Waals surface area contributed by atoms with E-state index in [1.54, 1.807) is 0 Å². The normalized spacial score (nSPS) is 10.6. The standard InChI is InChI=1S/C14H11N3O6/c18-11-5-7(1-3-9(11)13(20)21)15-17-16-8-2-4-10(14(22)23)12(19)6-8/h1-6,18-19H,(H,15,16)(H,20,21)(H,22,23). The van der Waals surface area contributed by atoms with E-state index in [9.17, 15) is 19.8 Å². The molecule has 23 heavy (non-hydrogen) atoms. The molecule has 9 nitrogen and oxygen atoms in total. The molecular formula is C14H11N3O6. The van der Waals surface area contributed by atoms with Crippen molar-refractivity contribution in [1.82, 2.24) is 0 Å². The Kier molecular flexibility index (Phi) is 4.41. The molecule has 0 atom stereocenters. The molecule has 0 bridgehead atoms. The maximum Gasteiger partial charge on any atom is 0.339 e. The van der Waals surface area contributed by atoms with E-state index in [4.69, 9.17) is 10.2 Å². The van der Waals surface area contributed by atoms with E-state index in [0.29, 0.717) is 5.69 Å². The van der Waals surface area contributed by atoms with Crippen LogP contribution in [0.5, 0.6) is 11.5 Å². The number of nitrogens with zero attached hydrogens (tertiary/aromatic N) is 2. The highest BCUT2D eigenvalue weighted by molar-refractivity contribution is 5.91. The lowest BCUT2D eigenvalue weighted by Crippen LogP contribution is -1.97. The fourth-order valence-electron chi connectivity index (χ4n) is 1.69. The van der Waals surface area contributed by atoms with Gasteiger partial charge in [0.05, 0.1) is 11.4 Å². The molecule has 0 unspecified atom stereocenters. The van der Waals surface area contributed by atoms with Gasteiger partial charge in [-0.15, -0.1) is 5.11 Å². The zero-order valence-electron chi connectivity index (χ0n) is 11.5. The van der Waals surface area contributed by atoms with E-state index in [0.717, 1.165) is 12.1 Å². The first kappa shape index (κ1) is 15.8. The van der Waals surface area contributed by atoms with E-state index in [1.165, 1.54) is 24.3 Å². The van der Waals surface area contributed by atoms with Gasteiger partial charge in [-0.3, -0.25) is 5.43 Å². The third-order valence-electron chi connectivity index (χ3n) is 2.78. The summed E-state index contributed by atoms with van der Waals surface area (Å²) >= 11 is 0. The summed E-state index contributed by atoms with van der Waals surface area (Å²) < 4.78 is 0. The van der Waals surface area contributed by atoms with Crippen molar-refractivity contribution in [1.29, 1.82) is 0 Å². The quantitative estimate of drug-likeness (QED) is 0.419. The number of hydrogen-bond acceptors (Lipinski definition) is 6. The Morgan fingerprint density at radius 1 is 0.870 bits per heavy atom. The van der Waals surface area contributed by atoms with E-state index in [2.05, 4.69) is 15.8 Å². The molecule has 118 valence electrons. The Morgan fingerprint density at radius 2 is 1.43 bits per heavy atom. The lowest BCUT2D eigenvalue weighted by Gasteiger charge is -2.03. The molecule has 0 heterocycles. The maximum atomic E-state index is 10.8. The summed E-state index contributed by atoms with van der Waals surface area (Å²) in [5, 5.41) is 43.9. The molecule has 0 aliphatic heterocycles. The Labute approximate surface area is 129 Å². The van der Waals surface area contributed by atoms with Crippen molar-refractivity contribution in [3.05, 3.63) is 47.5 Å². The van der Waals surface area contributed by atoms with Crippen LogP contribution in [0, 0.1) is 0 Å². The van der Waals surface area contributed by atoms with Crippen LogP contribution in [-0.4, -0.2) is 32.4 Å². The number of rotatable bonds is 5. The zero-order chi connectivity index (χ0) is 17.0. The topological polar surface area (TPSA) is 152 Å². The Hall–Kier alpha value is -3.62. The first-order chi connectivity index (χ1) is 10.9. The van der Waals surface area contributed by atoms with Gasteiger partial charge in [0, 0.05) is 12.1 Å². The van der Waals surface area contributed by atoms with Gasteiger partial charge >= 0.3 is 11.9 Å². The van der Waals surface area contributed by atoms with E-state index < -0.39 is 23.4 Å². The van der Waals surface area contributed by atoms with Crippen LogP contribution in [0.15, 0.2) is 46.7 Å². The van der Waals surface area contributed by atoms with E-state index in [-0.39, 0.29) is 16.8 Å². The molecule has 0 aliphatic rings. The number of phenols is 2. The van der Waals surface area contributed by atoms with Gasteiger partial charge in [0.2, 0.25) is 0 Å². The fraction of sp³-hybridized carbons (Fsp3) is 0. The summed E-state index contributed by atoms with van der Waals surface area (Å²) in [6.45, 7) is 0. The lowest BCUT2D eigenvalue weighted by atomic mass is 10.2. The zero-order valence-corrected chi connectivity index (χ0v) is 11.5. The molecule has 0 saturated carbocycles. The van der Waals surface area contributed by atoms with Crippen LogP contribution in [0.25, 0.3) is 0 Å². The maximum absolute atomic E-state index is 10.8. The van der Waals surface area contributed by atoms with Crippen LogP contribution in [0.3, 0.4) is 0 Å². The number of carbonyl (C=O) groups is 2. The van der Waals surface area contributed by atoms with Crippen LogP contribution in [0.4, 0.5) is 11.4 Å². The average molecular weight is 317 g/mol. The van der Waals surface area contributed by atoms with Gasteiger partial charge in [-0.05, 0) is 24.3 Å². The minimum Gasteiger partial charge on any atom is -0.507 e. The van der Waals surface area contributed by atoms with Crippen LogP contribution >= 0.6 is 0 Å². The van der Waals surface area contributed by atoms with E-state index >= 15 is 0 Å². The van der Waals surface area contributed by atoms with Crippen LogP contribution < -0.4 is 5.43 Å². The van der Waals surface area contributed by atoms with Crippen LogP contribution in [0.2, 0.25) is 0 Å². The van der Waals surface area contributed by atoms with Gasteiger partial charge < -0.3 is 20.4 Å². The predicted molar refractivity (Wildman–Crippen MR) is 78.3 cm³/mol. The van der Waals surface area contributed by atoms with Crippen molar-refractivity contribution in [2.24, 2.45) is 10.3 Å². The monoisotopic (exact) mass is 317 g/mol. The summed E-state index contributed by atoms with van der Waals surface area (Å²) in [6, 6.07) is 7.39. The number of carboxylic acid groups (broad SMARTS) is 2. The summed E-state index contributed by atoms with van der Waals surface area (Å²) in [5.41, 5.74) is 2.45. The van der Waals surface area contributed by atoms with Gasteiger partial charge in [-0.1, -0.05) is 5.22 Å². The molecule has 0 radical (unpaired) electrons. The molecule has 9 heteroatoms. The number of aromatic hydroxyl groups is 2. The van der Waals surface area contributed by atoms with Gasteiger partial charge in [-0.25, -0.2) is 9.59 Å². The minimum atomic E-state index is -1.27. The molecule has 0 fully saturated rings. The van der Waals surface area contributed by atoms with Crippen molar-refractivity contribution >= 4 is 23.3 Å². The fourth-order valence-corrected chi connectivity index (χ4v) is 1.69. The van der Waals surface area contributed by atoms with Crippen LogP contribution in [0.1, 0.15) is 20.7 Å². The van der Waals surface area contributed by atoms with Crippen molar-refractivity contribution in [3.63, 3.8) is 0 Å². The number of benzene rings is 2. The van der Waals surface area contributed by atoms with Crippen molar-refractivity contribution in [2.45, 2.75) is 0 Å². The average Bonchev–Trinajstić information content (AvgIpc) is 2.46. The molecule has 2 aromatic carbocycles. The molecule has 0 amide bonds. The van der Waals surface area contributed by atoms with Crippen LogP contribution in [-0.2, 0) is 0 Å². The summed E-state index contributed by atoms with van der Waals surface area (Å²) in [4.78, 5) is 21.5. The SMILES string of the molecule is O=C(O)c1ccc(/N=N/Nc2ccc(C(=O)O)c(O)c2)cc1O. The predicted octanol–water partition coefficient (Wildman–Crippen LogP) is 2.60. The Morgan fingerprint density at radius 3 is 1.96 bits per heavy atom. The molecule has 0 aromatic heterocycles. The third-order valence-corrected chi connectivity index (χ3v) is 2.78. The van der Waals surface area contributed by atoms with Gasteiger partial charge in [-0.2, -0.15) is 0 Å². The van der Waals surface area contributed by atoms with Gasteiger partial charge in [0.1, 0.15) is 22.6 Å². The molecular weight excluding hydrogens is 306 g/mol. The van der Waals surface area contributed by atoms with E-state index in [1.807, 2.05) is 0 Å². The molecule has 0 spiro atoms. The second-order valence-electron chi connectivity index (χ2n) is 4.36. The molecule has 5 N–H and O–H groups in total. The summed E-state index contributed by atoms with van der Waals surface area (Å²) in [5.74, 6) is -3.40. The lowest BCUT2D eigenvalue weighted by molar-refractivity contribution is 0.0682. The number of aromatic carboxylic acids is 2. The first-order valence-electron chi connectivity index (χ1n) is 6.18. The second kappa shape index (κ2) is 6.43. The number of anilines is 1. The van der Waals surface area contributed by atoms with Crippen molar-refractivity contribution < 1.29 is 30.0 Å². The highest BCUT2D eigenvalue weighted by Crippen LogP contribution is 2.25. The number of nitrogens with one attached hydrogen (secondary N) is 1. The van der Waals surface area contributed by atoms with Gasteiger partial charge in [0.25, 0.3) is 0 Å². The third kappa shape index (κ3) is 3.73. The smallest absolute Gasteiger partial charge is 0.339 e. The highest BCUT2D eigenvalue weighted by atomic mass is 16.4. The van der Waals surface area contributed by atoms with Crippen molar-refractivity contribution in [3.8, 4) is 11.5 Å². The Bertz CT molecular complexity index is 803. The summed E-state index contributed by atoms with van der Waals surface area (Å²) in [7, 11) is 0. The number of hydrogen-bond donors (Lipinski definition) is 5.